The van der Waals surface area contributed by atoms with Crippen LogP contribution in [0.3, 0.4) is 0 Å². The highest BCUT2D eigenvalue weighted by Crippen LogP contribution is 2.06. The first-order valence-corrected chi connectivity index (χ1v) is 4.16. The minimum atomic E-state index is 0.528. The molecule has 0 bridgehead atoms. The van der Waals surface area contributed by atoms with Crippen LogP contribution in [0.1, 0.15) is 0 Å². The SMILES string of the molecule is S=c1[nH]c(=S)c2ncccc2[nH]1. The third-order valence-electron chi connectivity index (χ3n) is 1.50. The van der Waals surface area contributed by atoms with Crippen LogP contribution in [0.2, 0.25) is 0 Å². The lowest BCUT2D eigenvalue weighted by atomic mass is 10.4. The summed E-state index contributed by atoms with van der Waals surface area (Å²) in [6, 6.07) is 3.73. The second-order valence-electron chi connectivity index (χ2n) is 2.31. The summed E-state index contributed by atoms with van der Waals surface area (Å²) in [5.74, 6) is 0. The summed E-state index contributed by atoms with van der Waals surface area (Å²) < 4.78 is 1.11. The predicted molar refractivity (Wildman–Crippen MR) is 52.1 cm³/mol. The van der Waals surface area contributed by atoms with E-state index in [1.807, 2.05) is 12.1 Å². The van der Waals surface area contributed by atoms with Gasteiger partial charge in [-0.1, -0.05) is 12.2 Å². The number of hydrogen-bond acceptors (Lipinski definition) is 3. The van der Waals surface area contributed by atoms with Gasteiger partial charge in [0.05, 0.1) is 5.52 Å². The van der Waals surface area contributed by atoms with E-state index in [9.17, 15) is 0 Å². The Labute approximate surface area is 78.5 Å². The molecule has 0 saturated heterocycles. The van der Waals surface area contributed by atoms with Gasteiger partial charge in [-0.25, -0.2) is 0 Å². The molecule has 2 N–H and O–H groups in total. The van der Waals surface area contributed by atoms with E-state index < -0.39 is 0 Å². The summed E-state index contributed by atoms with van der Waals surface area (Å²) in [6.07, 6.45) is 1.70. The van der Waals surface area contributed by atoms with E-state index in [-0.39, 0.29) is 0 Å². The number of aromatic amines is 2. The number of fused-ring (bicyclic) bond motifs is 1. The molecule has 0 radical (unpaired) electrons. The molecule has 60 valence electrons. The Balaban J connectivity index is 3.09. The zero-order chi connectivity index (χ0) is 8.55. The van der Waals surface area contributed by atoms with Crippen LogP contribution in [0.5, 0.6) is 0 Å². The van der Waals surface area contributed by atoms with Crippen LogP contribution in [-0.2, 0) is 0 Å². The Kier molecular flexibility index (Phi) is 1.74. The van der Waals surface area contributed by atoms with Crippen molar-refractivity contribution in [1.82, 2.24) is 15.0 Å². The van der Waals surface area contributed by atoms with Gasteiger partial charge in [0.25, 0.3) is 0 Å². The first-order chi connectivity index (χ1) is 5.77. The fourth-order valence-electron chi connectivity index (χ4n) is 1.00. The van der Waals surface area contributed by atoms with Gasteiger partial charge in [-0.3, -0.25) is 4.98 Å². The number of nitrogens with one attached hydrogen (secondary N) is 2. The molecule has 0 atom stereocenters. The first-order valence-electron chi connectivity index (χ1n) is 3.35. The molecule has 2 aromatic heterocycles. The lowest BCUT2D eigenvalue weighted by molar-refractivity contribution is 1.15. The molecule has 0 aliphatic carbocycles. The van der Waals surface area contributed by atoms with E-state index in [2.05, 4.69) is 15.0 Å². The normalized spacial score (nSPS) is 10.3. The molecular weight excluding hydrogens is 190 g/mol. The molecule has 2 aromatic rings. The number of aromatic nitrogens is 3. The average Bonchev–Trinajstić information content (AvgIpc) is 2.04. The Bertz CT molecular complexity index is 526. The van der Waals surface area contributed by atoms with Gasteiger partial charge in [-0.05, 0) is 24.4 Å². The molecule has 0 unspecified atom stereocenters. The summed E-state index contributed by atoms with van der Waals surface area (Å²) in [5, 5.41) is 0. The molecule has 3 nitrogen and oxygen atoms in total. The topological polar surface area (TPSA) is 44.5 Å². The molecule has 5 heteroatoms. The van der Waals surface area contributed by atoms with Crippen molar-refractivity contribution in [2.24, 2.45) is 0 Å². The number of pyridine rings is 1. The van der Waals surface area contributed by atoms with Crippen LogP contribution >= 0.6 is 24.4 Å². The molecule has 0 saturated carbocycles. The maximum Gasteiger partial charge on any atom is 0.176 e. The number of hydrogen-bond donors (Lipinski definition) is 2. The van der Waals surface area contributed by atoms with Crippen molar-refractivity contribution in [3.63, 3.8) is 0 Å². The second kappa shape index (κ2) is 2.76. The van der Waals surface area contributed by atoms with E-state index in [1.165, 1.54) is 0 Å². The molecule has 0 aliphatic heterocycles. The predicted octanol–water partition coefficient (Wildman–Crippen LogP) is 2.35. The third kappa shape index (κ3) is 1.17. The molecule has 2 rings (SSSR count). The smallest absolute Gasteiger partial charge is 0.176 e. The Morgan fingerprint density at radius 1 is 1.25 bits per heavy atom. The van der Waals surface area contributed by atoms with E-state index in [0.717, 1.165) is 11.0 Å². The van der Waals surface area contributed by atoms with Gasteiger partial charge in [0.1, 0.15) is 10.2 Å². The van der Waals surface area contributed by atoms with E-state index in [1.54, 1.807) is 6.20 Å². The average molecular weight is 195 g/mol. The summed E-state index contributed by atoms with van der Waals surface area (Å²) >= 11 is 9.96. The summed E-state index contributed by atoms with van der Waals surface area (Å²) in [4.78, 5) is 9.89. The third-order valence-corrected chi connectivity index (χ3v) is 2.00. The standard InChI is InChI=1S/C7H5N3S2/c11-6-5-4(2-1-3-8-5)9-7(12)10-6/h1-3H,(H2,9,10,11,12). The lowest BCUT2D eigenvalue weighted by Gasteiger charge is -1.95. The molecule has 0 aromatic carbocycles. The van der Waals surface area contributed by atoms with Crippen LogP contribution in [-0.4, -0.2) is 15.0 Å². The fourth-order valence-corrected chi connectivity index (χ4v) is 1.54. The first kappa shape index (κ1) is 7.57. The summed E-state index contributed by atoms with van der Waals surface area (Å²) in [7, 11) is 0. The van der Waals surface area contributed by atoms with Crippen LogP contribution in [0.4, 0.5) is 0 Å². The monoisotopic (exact) mass is 195 g/mol. The van der Waals surface area contributed by atoms with E-state index >= 15 is 0 Å². The largest absolute Gasteiger partial charge is 0.331 e. The van der Waals surface area contributed by atoms with Crippen molar-refractivity contribution in [3.05, 3.63) is 27.7 Å². The van der Waals surface area contributed by atoms with E-state index in [4.69, 9.17) is 24.4 Å². The highest BCUT2D eigenvalue weighted by atomic mass is 32.1. The molecule has 2 heterocycles. The summed E-state index contributed by atoms with van der Waals surface area (Å²) in [5.41, 5.74) is 1.62. The number of rotatable bonds is 0. The van der Waals surface area contributed by atoms with Crippen molar-refractivity contribution >= 4 is 35.5 Å². The van der Waals surface area contributed by atoms with Crippen molar-refractivity contribution in [1.29, 1.82) is 0 Å². The van der Waals surface area contributed by atoms with Crippen molar-refractivity contribution < 1.29 is 0 Å². The van der Waals surface area contributed by atoms with Gasteiger partial charge in [-0.2, -0.15) is 0 Å². The molecule has 0 fully saturated rings. The Hall–Kier alpha value is -1.07. The fraction of sp³-hybridized carbons (Fsp3) is 0. The van der Waals surface area contributed by atoms with Crippen LogP contribution < -0.4 is 0 Å². The maximum atomic E-state index is 5.04. The minimum absolute atomic E-state index is 0.528. The number of H-pyrrole nitrogens is 2. The van der Waals surface area contributed by atoms with Crippen molar-refractivity contribution in [3.8, 4) is 0 Å². The van der Waals surface area contributed by atoms with Gasteiger partial charge >= 0.3 is 0 Å². The number of nitrogens with zero attached hydrogens (tertiary/aromatic N) is 1. The second-order valence-corrected chi connectivity index (χ2v) is 3.12. The van der Waals surface area contributed by atoms with Gasteiger partial charge in [0.2, 0.25) is 0 Å². The quantitative estimate of drug-likeness (QED) is 0.634. The molecule has 0 aliphatic rings. The zero-order valence-electron chi connectivity index (χ0n) is 6.00. The van der Waals surface area contributed by atoms with Crippen LogP contribution in [0, 0.1) is 9.41 Å². The molecule has 0 spiro atoms. The van der Waals surface area contributed by atoms with Crippen molar-refractivity contribution in [2.75, 3.05) is 0 Å². The Morgan fingerprint density at radius 2 is 2.08 bits per heavy atom. The van der Waals surface area contributed by atoms with Gasteiger partial charge in [0, 0.05) is 6.20 Å². The summed E-state index contributed by atoms with van der Waals surface area (Å²) in [6.45, 7) is 0. The van der Waals surface area contributed by atoms with Crippen LogP contribution in [0.25, 0.3) is 11.0 Å². The highest BCUT2D eigenvalue weighted by molar-refractivity contribution is 7.72. The van der Waals surface area contributed by atoms with Crippen LogP contribution in [0.15, 0.2) is 18.3 Å². The molecule has 12 heavy (non-hydrogen) atoms. The highest BCUT2D eigenvalue weighted by Gasteiger charge is 1.93. The van der Waals surface area contributed by atoms with Gasteiger partial charge < -0.3 is 9.97 Å². The minimum Gasteiger partial charge on any atom is -0.331 e. The van der Waals surface area contributed by atoms with E-state index in [0.29, 0.717) is 9.41 Å². The zero-order valence-corrected chi connectivity index (χ0v) is 7.63. The van der Waals surface area contributed by atoms with Gasteiger partial charge in [0.15, 0.2) is 4.77 Å². The maximum absolute atomic E-state index is 5.04. The van der Waals surface area contributed by atoms with Crippen molar-refractivity contribution in [2.45, 2.75) is 0 Å². The molecule has 0 amide bonds. The Morgan fingerprint density at radius 3 is 2.92 bits per heavy atom. The molecular formula is C7H5N3S2. The van der Waals surface area contributed by atoms with Gasteiger partial charge in [-0.15, -0.1) is 0 Å². The lowest BCUT2D eigenvalue weighted by Crippen LogP contribution is -1.87.